The van der Waals surface area contributed by atoms with E-state index in [4.69, 9.17) is 0 Å². The molecule has 3 N–H and O–H groups in total. The van der Waals surface area contributed by atoms with Crippen LogP contribution in [-0.4, -0.2) is 36.9 Å². The molecule has 110 valence electrons. The van der Waals surface area contributed by atoms with Crippen LogP contribution in [0.5, 0.6) is 0 Å². The fraction of sp³-hybridized carbons (Fsp3) is 0.462. The normalized spacial score (nSPS) is 11.5. The van der Waals surface area contributed by atoms with Crippen LogP contribution in [0.1, 0.15) is 29.9 Å². The zero-order chi connectivity index (χ0) is 15.0. The fourth-order valence-corrected chi connectivity index (χ4v) is 2.05. The van der Waals surface area contributed by atoms with Gasteiger partial charge in [-0.1, -0.05) is 13.0 Å². The molecule has 1 heterocycles. The second-order valence-corrected chi connectivity index (χ2v) is 5.19. The Labute approximate surface area is 121 Å². The quantitative estimate of drug-likeness (QED) is 0.685. The molecule has 0 radical (unpaired) electrons. The maximum absolute atomic E-state index is 11.6. The summed E-state index contributed by atoms with van der Waals surface area (Å²) in [5.74, 6) is -0.919. The van der Waals surface area contributed by atoms with E-state index in [9.17, 15) is 14.4 Å². The van der Waals surface area contributed by atoms with Crippen molar-refractivity contribution >= 4 is 29.1 Å². The van der Waals surface area contributed by atoms with E-state index < -0.39 is 11.9 Å². The van der Waals surface area contributed by atoms with Gasteiger partial charge in [-0.05, 0) is 24.8 Å². The van der Waals surface area contributed by atoms with Crippen molar-refractivity contribution in [2.75, 3.05) is 13.1 Å². The summed E-state index contributed by atoms with van der Waals surface area (Å²) in [7, 11) is 0. The number of hydrogen-bond donors (Lipinski definition) is 3. The Morgan fingerprint density at radius 1 is 1.30 bits per heavy atom. The second kappa shape index (κ2) is 8.31. The topological polar surface area (TPSA) is 87.3 Å². The molecule has 0 aliphatic rings. The number of nitrogens with one attached hydrogen (secondary N) is 3. The predicted molar refractivity (Wildman–Crippen MR) is 77.6 cm³/mol. The summed E-state index contributed by atoms with van der Waals surface area (Å²) in [5, 5.41) is 9.50. The molecular weight excluding hydrogens is 278 g/mol. The van der Waals surface area contributed by atoms with Crippen LogP contribution in [0.15, 0.2) is 17.5 Å². The Kier molecular flexibility index (Phi) is 6.72. The van der Waals surface area contributed by atoms with E-state index in [2.05, 4.69) is 16.0 Å². The minimum Gasteiger partial charge on any atom is -0.354 e. The first-order valence-corrected chi connectivity index (χ1v) is 7.31. The van der Waals surface area contributed by atoms with Crippen molar-refractivity contribution in [2.24, 2.45) is 0 Å². The molecule has 20 heavy (non-hydrogen) atoms. The van der Waals surface area contributed by atoms with Gasteiger partial charge in [0.2, 0.25) is 11.8 Å². The molecule has 0 saturated heterocycles. The smallest absolute Gasteiger partial charge is 0.261 e. The first-order chi connectivity index (χ1) is 9.54. The summed E-state index contributed by atoms with van der Waals surface area (Å²) in [6.07, 6.45) is 0.837. The van der Waals surface area contributed by atoms with Gasteiger partial charge in [-0.15, -0.1) is 11.3 Å². The van der Waals surface area contributed by atoms with E-state index in [0.717, 1.165) is 6.42 Å². The highest BCUT2D eigenvalue weighted by atomic mass is 32.1. The fourth-order valence-electron chi connectivity index (χ4n) is 1.41. The molecule has 3 amide bonds. The minimum absolute atomic E-state index is 0.151. The molecule has 1 atom stereocenters. The summed E-state index contributed by atoms with van der Waals surface area (Å²) >= 11 is 1.30. The van der Waals surface area contributed by atoms with Crippen LogP contribution in [0.4, 0.5) is 0 Å². The molecule has 7 heteroatoms. The Bertz CT molecular complexity index is 459. The minimum atomic E-state index is -0.618. The first kappa shape index (κ1) is 16.2. The SMILES string of the molecule is CCCNC(=O)[C@H](C)NC(=O)CNC(=O)c1cccs1. The Hall–Kier alpha value is -1.89. The second-order valence-electron chi connectivity index (χ2n) is 4.24. The predicted octanol–water partition coefficient (Wildman–Crippen LogP) is 0.509. The van der Waals surface area contributed by atoms with Crippen molar-refractivity contribution in [1.29, 1.82) is 0 Å². The monoisotopic (exact) mass is 297 g/mol. The van der Waals surface area contributed by atoms with Crippen molar-refractivity contribution in [3.8, 4) is 0 Å². The highest BCUT2D eigenvalue weighted by Gasteiger charge is 2.15. The van der Waals surface area contributed by atoms with E-state index in [-0.39, 0.29) is 18.4 Å². The van der Waals surface area contributed by atoms with Gasteiger partial charge in [0.1, 0.15) is 6.04 Å². The first-order valence-electron chi connectivity index (χ1n) is 6.43. The van der Waals surface area contributed by atoms with Crippen molar-refractivity contribution < 1.29 is 14.4 Å². The number of rotatable bonds is 7. The van der Waals surface area contributed by atoms with Crippen LogP contribution in [0.3, 0.4) is 0 Å². The van der Waals surface area contributed by atoms with Crippen LogP contribution < -0.4 is 16.0 Å². The molecule has 1 rings (SSSR count). The zero-order valence-electron chi connectivity index (χ0n) is 11.6. The van der Waals surface area contributed by atoms with Gasteiger partial charge in [-0.3, -0.25) is 14.4 Å². The molecule has 0 saturated carbocycles. The number of thiophene rings is 1. The van der Waals surface area contributed by atoms with Gasteiger partial charge in [0.15, 0.2) is 0 Å². The molecule has 1 aromatic rings. The third kappa shape index (κ3) is 5.40. The van der Waals surface area contributed by atoms with Gasteiger partial charge in [0.05, 0.1) is 11.4 Å². The molecule has 0 spiro atoms. The van der Waals surface area contributed by atoms with Crippen molar-refractivity contribution in [3.05, 3.63) is 22.4 Å². The Morgan fingerprint density at radius 3 is 2.65 bits per heavy atom. The molecule has 0 bridgehead atoms. The number of carbonyl (C=O) groups excluding carboxylic acids is 3. The Balaban J connectivity index is 2.29. The summed E-state index contributed by atoms with van der Waals surface area (Å²) in [6, 6.07) is 2.83. The Morgan fingerprint density at radius 2 is 2.05 bits per heavy atom. The van der Waals surface area contributed by atoms with Gasteiger partial charge in [0.25, 0.3) is 5.91 Å². The lowest BCUT2D eigenvalue weighted by Crippen LogP contribution is -2.48. The zero-order valence-corrected chi connectivity index (χ0v) is 12.4. The third-order valence-corrected chi connectivity index (χ3v) is 3.34. The lowest BCUT2D eigenvalue weighted by atomic mass is 10.3. The van der Waals surface area contributed by atoms with Crippen LogP contribution in [-0.2, 0) is 9.59 Å². The highest BCUT2D eigenvalue weighted by Crippen LogP contribution is 2.07. The van der Waals surface area contributed by atoms with Crippen LogP contribution >= 0.6 is 11.3 Å². The van der Waals surface area contributed by atoms with E-state index in [1.807, 2.05) is 6.92 Å². The molecular formula is C13H19N3O3S. The maximum atomic E-state index is 11.6. The van der Waals surface area contributed by atoms with Gasteiger partial charge in [-0.2, -0.15) is 0 Å². The average Bonchev–Trinajstić information content (AvgIpc) is 2.96. The average molecular weight is 297 g/mol. The number of carbonyl (C=O) groups is 3. The highest BCUT2D eigenvalue weighted by molar-refractivity contribution is 7.12. The van der Waals surface area contributed by atoms with Gasteiger partial charge in [-0.25, -0.2) is 0 Å². The van der Waals surface area contributed by atoms with Gasteiger partial charge >= 0.3 is 0 Å². The van der Waals surface area contributed by atoms with Crippen molar-refractivity contribution in [2.45, 2.75) is 26.3 Å². The molecule has 0 unspecified atom stereocenters. The van der Waals surface area contributed by atoms with Crippen molar-refractivity contribution in [3.63, 3.8) is 0 Å². The lowest BCUT2D eigenvalue weighted by molar-refractivity contribution is -0.128. The van der Waals surface area contributed by atoms with Crippen LogP contribution in [0.25, 0.3) is 0 Å². The van der Waals surface area contributed by atoms with E-state index >= 15 is 0 Å². The van der Waals surface area contributed by atoms with Crippen LogP contribution in [0.2, 0.25) is 0 Å². The molecule has 0 aromatic carbocycles. The molecule has 0 fully saturated rings. The van der Waals surface area contributed by atoms with Gasteiger partial charge < -0.3 is 16.0 Å². The van der Waals surface area contributed by atoms with E-state index in [1.165, 1.54) is 11.3 Å². The summed E-state index contributed by atoms with van der Waals surface area (Å²) in [5.41, 5.74) is 0. The standard InChI is InChI=1S/C13H19N3O3S/c1-3-6-14-12(18)9(2)16-11(17)8-15-13(19)10-5-4-7-20-10/h4-5,7,9H,3,6,8H2,1-2H3,(H,14,18)(H,15,19)(H,16,17)/t9-/m0/s1. The number of amides is 3. The van der Waals surface area contributed by atoms with Gasteiger partial charge in [0, 0.05) is 6.54 Å². The summed E-state index contributed by atoms with van der Waals surface area (Å²) in [4.78, 5) is 35.3. The summed E-state index contributed by atoms with van der Waals surface area (Å²) < 4.78 is 0. The largest absolute Gasteiger partial charge is 0.354 e. The third-order valence-electron chi connectivity index (χ3n) is 2.47. The lowest BCUT2D eigenvalue weighted by Gasteiger charge is -2.13. The molecule has 0 aliphatic heterocycles. The molecule has 1 aromatic heterocycles. The van der Waals surface area contributed by atoms with E-state index in [1.54, 1.807) is 24.4 Å². The summed E-state index contributed by atoms with van der Waals surface area (Å²) in [6.45, 7) is 3.98. The number of hydrogen-bond acceptors (Lipinski definition) is 4. The maximum Gasteiger partial charge on any atom is 0.261 e. The van der Waals surface area contributed by atoms with Crippen LogP contribution in [0, 0.1) is 0 Å². The van der Waals surface area contributed by atoms with E-state index in [0.29, 0.717) is 11.4 Å². The molecule has 6 nitrogen and oxygen atoms in total. The molecule has 0 aliphatic carbocycles. The van der Waals surface area contributed by atoms with Crippen molar-refractivity contribution in [1.82, 2.24) is 16.0 Å².